The highest BCUT2D eigenvalue weighted by molar-refractivity contribution is 6.36. The van der Waals surface area contributed by atoms with E-state index in [0.29, 0.717) is 59.0 Å². The zero-order valence-corrected chi connectivity index (χ0v) is 41.3. The highest BCUT2D eigenvalue weighted by Crippen LogP contribution is 2.38. The van der Waals surface area contributed by atoms with Gasteiger partial charge in [-0.05, 0) is 74.7 Å². The molecule has 22 nitrogen and oxygen atoms in total. The topological polar surface area (TPSA) is 291 Å². The number of anilines is 4. The van der Waals surface area contributed by atoms with Crippen molar-refractivity contribution in [3.63, 3.8) is 0 Å². The van der Waals surface area contributed by atoms with Gasteiger partial charge < -0.3 is 51.3 Å². The predicted molar refractivity (Wildman–Crippen MR) is 270 cm³/mol. The van der Waals surface area contributed by atoms with Crippen LogP contribution in [-0.2, 0) is 22.7 Å². The number of ether oxygens (including phenoxy) is 2. The van der Waals surface area contributed by atoms with E-state index in [9.17, 15) is 31.9 Å². The molecule has 3 amide bonds. The Morgan fingerprint density at radius 1 is 0.842 bits per heavy atom. The first-order valence-corrected chi connectivity index (χ1v) is 23.9. The van der Waals surface area contributed by atoms with Gasteiger partial charge in [-0.1, -0.05) is 42.3 Å². The lowest BCUT2D eigenvalue weighted by molar-refractivity contribution is -0.123. The van der Waals surface area contributed by atoms with Gasteiger partial charge in [0.2, 0.25) is 23.6 Å². The zero-order valence-electron chi connectivity index (χ0n) is 40.6. The number of hydrogen-bond acceptors (Lipinski definition) is 17. The molecule has 0 unspecified atom stereocenters. The first kappa shape index (κ1) is 55.3. The summed E-state index contributed by atoms with van der Waals surface area (Å²) in [4.78, 5) is 71.2. The molecule has 1 saturated heterocycles. The number of piperidine rings is 1. The Hall–Kier alpha value is -8.49. The van der Waals surface area contributed by atoms with Crippen LogP contribution in [0.25, 0.3) is 28.5 Å². The summed E-state index contributed by atoms with van der Waals surface area (Å²) in [7, 11) is 0. The number of carbonyl (C=O) groups is 4. The highest BCUT2D eigenvalue weighted by Gasteiger charge is 2.22. The molecule has 0 saturated carbocycles. The minimum Gasteiger partial charge on any atom is -0.483 e. The molecule has 7 aromatic rings. The van der Waals surface area contributed by atoms with Crippen LogP contribution in [0.1, 0.15) is 69.8 Å². The van der Waals surface area contributed by atoms with Crippen LogP contribution in [0.3, 0.4) is 0 Å². The third-order valence-electron chi connectivity index (χ3n) is 11.5. The molecule has 1 aliphatic rings. The van der Waals surface area contributed by atoms with E-state index in [-0.39, 0.29) is 95.3 Å². The Balaban J connectivity index is 0.00000274. The SMILES string of the molecule is Cc1c(NC(=O)c2cc(OC(F)F)c(CNCCNC(=O)CCCNc3nc(N)n4nc(-c5ccco5)nc4n3)cn2)cccc1-c1cccc(NC(=O)c2cc(OC(F)F)c(CN3CCCCC3)cn2)c1Cl.O=CO. The van der Waals surface area contributed by atoms with Crippen molar-refractivity contribution in [1.29, 1.82) is 0 Å². The molecule has 1 aliphatic heterocycles. The summed E-state index contributed by atoms with van der Waals surface area (Å²) in [6, 6.07) is 15.7. The molecule has 27 heteroatoms. The number of benzene rings is 2. The van der Waals surface area contributed by atoms with Crippen LogP contribution in [0, 0.1) is 6.92 Å². The van der Waals surface area contributed by atoms with Crippen molar-refractivity contribution in [1.82, 2.24) is 50.1 Å². The fourth-order valence-corrected chi connectivity index (χ4v) is 8.19. The molecule has 1 fully saturated rings. The lowest BCUT2D eigenvalue weighted by atomic mass is 9.98. The fourth-order valence-electron chi connectivity index (χ4n) is 7.92. The minimum atomic E-state index is -3.20. The molecule has 400 valence electrons. The van der Waals surface area contributed by atoms with Gasteiger partial charge in [0.05, 0.1) is 17.0 Å². The Morgan fingerprint density at radius 3 is 2.16 bits per heavy atom. The smallest absolute Gasteiger partial charge is 0.387 e. The van der Waals surface area contributed by atoms with Gasteiger partial charge in [-0.15, -0.1) is 5.10 Å². The van der Waals surface area contributed by atoms with Crippen LogP contribution in [0.2, 0.25) is 5.02 Å². The van der Waals surface area contributed by atoms with Crippen LogP contribution in [0.15, 0.2) is 83.7 Å². The quantitative estimate of drug-likeness (QED) is 0.0199. The highest BCUT2D eigenvalue weighted by atomic mass is 35.5. The molecule has 8 rings (SSSR count). The number of nitrogens with two attached hydrogens (primary N) is 1. The maximum atomic E-state index is 13.6. The Morgan fingerprint density at radius 2 is 1.49 bits per heavy atom. The predicted octanol–water partition coefficient (Wildman–Crippen LogP) is 7.27. The number of amides is 3. The fraction of sp³-hybridized carbons (Fsp3) is 0.306. The number of nitrogens with zero attached hydrogens (tertiary/aromatic N) is 8. The van der Waals surface area contributed by atoms with Gasteiger partial charge >= 0.3 is 13.2 Å². The second-order valence-electron chi connectivity index (χ2n) is 16.7. The summed E-state index contributed by atoms with van der Waals surface area (Å²) in [6.45, 7) is -1.97. The number of likely N-dealkylation sites (tertiary alicyclic amines) is 1. The molecule has 5 aromatic heterocycles. The van der Waals surface area contributed by atoms with E-state index < -0.39 is 25.0 Å². The number of nitrogen functional groups attached to an aromatic ring is 1. The molecule has 0 aliphatic carbocycles. The monoisotopic (exact) mass is 1070 g/mol. The molecule has 0 bridgehead atoms. The molecule has 8 N–H and O–H groups in total. The summed E-state index contributed by atoms with van der Waals surface area (Å²) < 4.78 is 70.2. The Labute approximate surface area is 435 Å². The average molecular weight is 1080 g/mol. The number of aromatic nitrogens is 7. The van der Waals surface area contributed by atoms with E-state index in [4.69, 9.17) is 41.1 Å². The van der Waals surface area contributed by atoms with Gasteiger partial charge in [0.1, 0.15) is 22.9 Å². The number of nitrogens with one attached hydrogen (secondary N) is 5. The van der Waals surface area contributed by atoms with Gasteiger partial charge in [0.15, 0.2) is 5.76 Å². The summed E-state index contributed by atoms with van der Waals surface area (Å²) in [5, 5.41) is 25.6. The van der Waals surface area contributed by atoms with Crippen LogP contribution in [-0.4, -0.2) is 115 Å². The van der Waals surface area contributed by atoms with E-state index in [1.165, 1.54) is 29.2 Å². The molecule has 0 atom stereocenters. The number of carbonyl (C=O) groups excluding carboxylic acids is 3. The molecule has 6 heterocycles. The third kappa shape index (κ3) is 14.8. The summed E-state index contributed by atoms with van der Waals surface area (Å²) in [5.41, 5.74) is 8.50. The van der Waals surface area contributed by atoms with Crippen molar-refractivity contribution in [3.05, 3.63) is 112 Å². The molecule has 76 heavy (non-hydrogen) atoms. The van der Waals surface area contributed by atoms with Gasteiger partial charge in [-0.3, -0.25) is 34.0 Å². The van der Waals surface area contributed by atoms with Crippen LogP contribution in [0.5, 0.6) is 11.5 Å². The molecule has 0 radical (unpaired) electrons. The van der Waals surface area contributed by atoms with Crippen molar-refractivity contribution in [3.8, 4) is 34.2 Å². The van der Waals surface area contributed by atoms with E-state index in [2.05, 4.69) is 61.5 Å². The summed E-state index contributed by atoms with van der Waals surface area (Å²) >= 11 is 6.87. The Bertz CT molecular complexity index is 3130. The van der Waals surface area contributed by atoms with E-state index in [1.54, 1.807) is 55.5 Å². The summed E-state index contributed by atoms with van der Waals surface area (Å²) in [6.07, 6.45) is 7.83. The Kier molecular flexibility index (Phi) is 19.4. The third-order valence-corrected chi connectivity index (χ3v) is 11.9. The number of pyridine rings is 2. The van der Waals surface area contributed by atoms with Crippen molar-refractivity contribution >= 4 is 64.8 Å². The zero-order chi connectivity index (χ0) is 54.1. The van der Waals surface area contributed by atoms with Crippen LogP contribution < -0.4 is 41.8 Å². The maximum Gasteiger partial charge on any atom is 0.387 e. The standard InChI is InChI=1S/C48H49ClF4N14O6.CH2O2/c1-27-30(31-10-6-12-33(40(31)49)61-43(70)35-22-38(73-45(52)53)29(25-59-35)26-66-18-3-2-4-19-66)9-5-11-32(27)60-42(69)34-21-37(72-44(50)51)28(24-58-34)23-55-16-17-56-39(68)14-7-15-57-47-63-46(54)67-48(64-47)62-41(65-67)36-13-8-20-71-36;2-1-3/h5-6,8-13,20-22,24-25,44-45,55H,2-4,7,14-19,23,26H2,1H3,(H,56,68)(H,60,69)(H,61,70)(H3,54,57,62,63,64,65);1H,(H,2,3). The molecular weight excluding hydrogens is 1020 g/mol. The molecule has 0 spiro atoms. The number of halogens is 5. The molecule has 2 aromatic carbocycles. The first-order chi connectivity index (χ1) is 36.7. The molecular formula is C49H51ClF4N14O8. The lowest BCUT2D eigenvalue weighted by Gasteiger charge is -2.27. The maximum absolute atomic E-state index is 13.6. The first-order valence-electron chi connectivity index (χ1n) is 23.6. The van der Waals surface area contributed by atoms with Gasteiger partial charge in [0.25, 0.3) is 24.1 Å². The van der Waals surface area contributed by atoms with Gasteiger partial charge in [0, 0.05) is 86.0 Å². The van der Waals surface area contributed by atoms with Gasteiger partial charge in [-0.25, -0.2) is 0 Å². The summed E-state index contributed by atoms with van der Waals surface area (Å²) in [5.74, 6) is -0.833. The minimum absolute atomic E-state index is 0.0243. The van der Waals surface area contributed by atoms with Crippen LogP contribution in [0.4, 0.5) is 40.8 Å². The lowest BCUT2D eigenvalue weighted by Crippen LogP contribution is -2.31. The second-order valence-corrected chi connectivity index (χ2v) is 17.1. The van der Waals surface area contributed by atoms with Gasteiger partial charge in [-0.2, -0.15) is 37.0 Å². The normalized spacial score (nSPS) is 12.5. The van der Waals surface area contributed by atoms with Crippen molar-refractivity contribution in [2.24, 2.45) is 0 Å². The van der Waals surface area contributed by atoms with E-state index >= 15 is 0 Å². The number of alkyl halides is 4. The van der Waals surface area contributed by atoms with Crippen molar-refractivity contribution in [2.75, 3.05) is 54.4 Å². The number of hydrogen-bond donors (Lipinski definition) is 7. The largest absolute Gasteiger partial charge is 0.483 e. The van der Waals surface area contributed by atoms with Crippen LogP contribution >= 0.6 is 11.6 Å². The second kappa shape index (κ2) is 26.6. The van der Waals surface area contributed by atoms with E-state index in [1.807, 2.05) is 0 Å². The van der Waals surface area contributed by atoms with Crippen molar-refractivity contribution in [2.45, 2.75) is 65.3 Å². The number of furan rings is 1. The average Bonchev–Trinajstić information content (AvgIpc) is 4.10. The van der Waals surface area contributed by atoms with Crippen molar-refractivity contribution < 1.29 is 55.7 Å². The number of fused-ring (bicyclic) bond motifs is 1. The number of carboxylic acid groups (broad SMARTS) is 1. The number of rotatable bonds is 22. The van der Waals surface area contributed by atoms with E-state index in [0.717, 1.165) is 38.4 Å².